The van der Waals surface area contributed by atoms with Crippen molar-refractivity contribution in [3.63, 3.8) is 0 Å². The Bertz CT molecular complexity index is 286. The van der Waals surface area contributed by atoms with Crippen molar-refractivity contribution in [3.05, 3.63) is 0 Å². The molecule has 0 aromatic rings. The lowest BCUT2D eigenvalue weighted by molar-refractivity contribution is -0.218. The minimum Gasteiger partial charge on any atom is -0.375 e. The number of aliphatic hydroxyl groups is 1. The summed E-state index contributed by atoms with van der Waals surface area (Å²) >= 11 is 0. The highest BCUT2D eigenvalue weighted by Crippen LogP contribution is 2.39. The zero-order valence-electron chi connectivity index (χ0n) is 9.19. The first-order valence-electron chi connectivity index (χ1n) is 5.05. The van der Waals surface area contributed by atoms with Crippen LogP contribution in [0.15, 0.2) is 0 Å². The normalized spacial score (nSPS) is 41.9. The van der Waals surface area contributed by atoms with Gasteiger partial charge in [0.15, 0.2) is 12.1 Å². The summed E-state index contributed by atoms with van der Waals surface area (Å²) in [6.07, 6.45) is 4.82. The molecule has 0 saturated carbocycles. The molecule has 15 heavy (non-hydrogen) atoms. The minimum atomic E-state index is -1.26. The molecule has 0 spiro atoms. The highest BCUT2D eigenvalue weighted by atomic mass is 16.8. The molecule has 4 heteroatoms. The molecule has 0 amide bonds. The number of hydrogen-bond acceptors (Lipinski definition) is 4. The van der Waals surface area contributed by atoms with Gasteiger partial charge in [-0.3, -0.25) is 0 Å². The molecule has 2 fully saturated rings. The molecular formula is C11H16O4. The summed E-state index contributed by atoms with van der Waals surface area (Å²) in [7, 11) is 0. The first-order valence-corrected chi connectivity index (χ1v) is 5.05. The molecule has 84 valence electrons. The van der Waals surface area contributed by atoms with Gasteiger partial charge in [0.05, 0.1) is 0 Å². The van der Waals surface area contributed by atoms with Crippen LogP contribution in [0.2, 0.25) is 0 Å². The van der Waals surface area contributed by atoms with Gasteiger partial charge in [0, 0.05) is 6.42 Å². The van der Waals surface area contributed by atoms with Crippen LogP contribution in [0, 0.1) is 12.3 Å². The molecule has 0 bridgehead atoms. The van der Waals surface area contributed by atoms with E-state index in [0.717, 1.165) is 0 Å². The summed E-state index contributed by atoms with van der Waals surface area (Å²) in [5.41, 5.74) is -1.26. The van der Waals surface area contributed by atoms with Gasteiger partial charge in [0.2, 0.25) is 0 Å². The lowest BCUT2D eigenvalue weighted by Crippen LogP contribution is -2.39. The van der Waals surface area contributed by atoms with Crippen LogP contribution in [0.25, 0.3) is 0 Å². The van der Waals surface area contributed by atoms with Crippen LogP contribution in [0.5, 0.6) is 0 Å². The van der Waals surface area contributed by atoms with Crippen LogP contribution in [-0.4, -0.2) is 35.0 Å². The summed E-state index contributed by atoms with van der Waals surface area (Å²) in [4.78, 5) is 0. The van der Waals surface area contributed by atoms with Gasteiger partial charge in [0.1, 0.15) is 17.8 Å². The molecule has 2 aliphatic rings. The first-order chi connectivity index (χ1) is 6.84. The molecule has 2 heterocycles. The molecular weight excluding hydrogens is 196 g/mol. The Labute approximate surface area is 89.5 Å². The van der Waals surface area contributed by atoms with Crippen LogP contribution in [0.4, 0.5) is 0 Å². The summed E-state index contributed by atoms with van der Waals surface area (Å²) in [6, 6.07) is 0. The maximum atomic E-state index is 9.84. The second-order valence-corrected chi connectivity index (χ2v) is 4.69. The molecule has 1 N–H and O–H groups in total. The Morgan fingerprint density at radius 3 is 2.67 bits per heavy atom. The van der Waals surface area contributed by atoms with E-state index in [0.29, 0.717) is 6.42 Å². The van der Waals surface area contributed by atoms with Crippen molar-refractivity contribution in [2.75, 3.05) is 0 Å². The fourth-order valence-electron chi connectivity index (χ4n) is 1.96. The van der Waals surface area contributed by atoms with Crippen LogP contribution in [0.1, 0.15) is 27.2 Å². The van der Waals surface area contributed by atoms with E-state index in [4.69, 9.17) is 20.6 Å². The van der Waals surface area contributed by atoms with E-state index in [1.54, 1.807) is 6.92 Å². The molecule has 2 saturated heterocycles. The quantitative estimate of drug-likeness (QED) is 0.648. The van der Waals surface area contributed by atoms with Gasteiger partial charge in [-0.25, -0.2) is 0 Å². The minimum absolute atomic E-state index is 0.134. The van der Waals surface area contributed by atoms with E-state index in [1.807, 2.05) is 13.8 Å². The smallest absolute Gasteiger partial charge is 0.187 e. The third-order valence-corrected chi connectivity index (χ3v) is 2.80. The summed E-state index contributed by atoms with van der Waals surface area (Å²) < 4.78 is 16.7. The SMILES string of the molecule is C#C[C@@](C)(O)[C@H]1C[C@H]2OC(C)(C)O[C@H]2O1. The predicted molar refractivity (Wildman–Crippen MR) is 52.8 cm³/mol. The topological polar surface area (TPSA) is 47.9 Å². The van der Waals surface area contributed by atoms with E-state index >= 15 is 0 Å². The molecule has 0 aromatic carbocycles. The van der Waals surface area contributed by atoms with Gasteiger partial charge in [-0.2, -0.15) is 0 Å². The lowest BCUT2D eigenvalue weighted by Gasteiger charge is -2.26. The number of rotatable bonds is 1. The maximum absolute atomic E-state index is 9.84. The first kappa shape index (κ1) is 10.9. The molecule has 0 radical (unpaired) electrons. The van der Waals surface area contributed by atoms with Crippen molar-refractivity contribution in [1.82, 2.24) is 0 Å². The number of terminal acetylenes is 1. The van der Waals surface area contributed by atoms with E-state index in [1.165, 1.54) is 0 Å². The maximum Gasteiger partial charge on any atom is 0.187 e. The zero-order valence-corrected chi connectivity index (χ0v) is 9.19. The van der Waals surface area contributed by atoms with Gasteiger partial charge in [0.25, 0.3) is 0 Å². The Balaban J connectivity index is 2.04. The molecule has 2 rings (SSSR count). The third-order valence-electron chi connectivity index (χ3n) is 2.80. The standard InChI is InChI=1S/C11H16O4/c1-5-11(4,12)8-6-7-9(13-8)15-10(2,3)14-7/h1,7-9,12H,6H2,2-4H3/t7-,8-,9-,11-/m1/s1. The van der Waals surface area contributed by atoms with Crippen molar-refractivity contribution >= 4 is 0 Å². The summed E-state index contributed by atoms with van der Waals surface area (Å²) in [5.74, 6) is 1.70. The van der Waals surface area contributed by atoms with Crippen LogP contribution in [0.3, 0.4) is 0 Å². The molecule has 4 atom stereocenters. The Hall–Kier alpha value is -0.600. The second-order valence-electron chi connectivity index (χ2n) is 4.69. The number of hydrogen-bond donors (Lipinski definition) is 1. The van der Waals surface area contributed by atoms with E-state index < -0.39 is 23.8 Å². The van der Waals surface area contributed by atoms with Crippen molar-refractivity contribution in [1.29, 1.82) is 0 Å². The van der Waals surface area contributed by atoms with Crippen LogP contribution in [-0.2, 0) is 14.2 Å². The van der Waals surface area contributed by atoms with E-state index in [9.17, 15) is 5.11 Å². The predicted octanol–water partition coefficient (Wildman–Crippen LogP) is 0.637. The van der Waals surface area contributed by atoms with Gasteiger partial charge in [-0.15, -0.1) is 6.42 Å². The van der Waals surface area contributed by atoms with Crippen molar-refractivity contribution < 1.29 is 19.3 Å². The van der Waals surface area contributed by atoms with Crippen LogP contribution >= 0.6 is 0 Å². The Kier molecular flexibility index (Phi) is 2.32. The monoisotopic (exact) mass is 212 g/mol. The fourth-order valence-corrected chi connectivity index (χ4v) is 1.96. The summed E-state index contributed by atoms with van der Waals surface area (Å²) in [6.45, 7) is 5.23. The molecule has 4 nitrogen and oxygen atoms in total. The van der Waals surface area contributed by atoms with Gasteiger partial charge in [-0.1, -0.05) is 5.92 Å². The largest absolute Gasteiger partial charge is 0.375 e. The van der Waals surface area contributed by atoms with Crippen molar-refractivity contribution in [2.45, 2.75) is 57.1 Å². The third kappa shape index (κ3) is 1.88. The molecule has 0 aromatic heterocycles. The van der Waals surface area contributed by atoms with E-state index in [-0.39, 0.29) is 6.10 Å². The summed E-state index contributed by atoms with van der Waals surface area (Å²) in [5, 5.41) is 9.84. The average Bonchev–Trinajstić information content (AvgIpc) is 2.57. The Morgan fingerprint density at radius 1 is 1.47 bits per heavy atom. The van der Waals surface area contributed by atoms with Gasteiger partial charge >= 0.3 is 0 Å². The highest BCUT2D eigenvalue weighted by Gasteiger charge is 2.52. The lowest BCUT2D eigenvalue weighted by atomic mass is 9.97. The van der Waals surface area contributed by atoms with Crippen molar-refractivity contribution in [3.8, 4) is 12.3 Å². The number of ether oxygens (including phenoxy) is 3. The number of fused-ring (bicyclic) bond motifs is 1. The van der Waals surface area contributed by atoms with Crippen molar-refractivity contribution in [2.24, 2.45) is 0 Å². The molecule has 2 aliphatic heterocycles. The van der Waals surface area contributed by atoms with Gasteiger partial charge < -0.3 is 19.3 Å². The van der Waals surface area contributed by atoms with Crippen LogP contribution < -0.4 is 0 Å². The van der Waals surface area contributed by atoms with Gasteiger partial charge in [-0.05, 0) is 20.8 Å². The fraction of sp³-hybridized carbons (Fsp3) is 0.818. The Morgan fingerprint density at radius 2 is 2.13 bits per heavy atom. The molecule has 0 unspecified atom stereocenters. The van der Waals surface area contributed by atoms with E-state index in [2.05, 4.69) is 5.92 Å². The second kappa shape index (κ2) is 3.19. The zero-order chi connectivity index (χ0) is 11.3. The molecule has 0 aliphatic carbocycles. The average molecular weight is 212 g/mol. The highest BCUT2D eigenvalue weighted by molar-refractivity contribution is 5.11.